The lowest BCUT2D eigenvalue weighted by molar-refractivity contribution is -0.137. The molecule has 10 nitrogen and oxygen atoms in total. The predicted octanol–water partition coefficient (Wildman–Crippen LogP) is 2.29. The number of rotatable bonds is 20. The first-order valence-electron chi connectivity index (χ1n) is 16.0. The van der Waals surface area contributed by atoms with E-state index >= 15 is 0 Å². The lowest BCUT2D eigenvalue weighted by Crippen LogP contribution is -2.49. The highest BCUT2D eigenvalue weighted by Crippen LogP contribution is 2.22. The number of nitrogens with zero attached hydrogens (tertiary/aromatic N) is 5. The van der Waals surface area contributed by atoms with Crippen LogP contribution in [0, 0.1) is 0 Å². The molecule has 0 N–H and O–H groups in total. The van der Waals surface area contributed by atoms with Crippen molar-refractivity contribution in [2.45, 2.75) is 72.4 Å². The highest BCUT2D eigenvalue weighted by Gasteiger charge is 2.34. The maximum Gasteiger partial charge on any atom is 0.248 e. The second kappa shape index (κ2) is 18.7. The van der Waals surface area contributed by atoms with Crippen LogP contribution in [0.25, 0.3) is 11.0 Å². The fraction of sp³-hybridized carbons (Fsp3) is 0.697. The van der Waals surface area contributed by atoms with E-state index in [1.54, 1.807) is 17.2 Å². The summed E-state index contributed by atoms with van der Waals surface area (Å²) in [6, 6.07) is 3.04. The third-order valence-electron chi connectivity index (χ3n) is 7.57. The minimum atomic E-state index is -3.93. The quantitative estimate of drug-likeness (QED) is 0.216. The number of hydrogen-bond acceptors (Lipinski definition) is 8. The van der Waals surface area contributed by atoms with Gasteiger partial charge in [0.15, 0.2) is 0 Å². The van der Waals surface area contributed by atoms with Crippen LogP contribution < -0.4 is 10.6 Å². The molecule has 11 heteroatoms. The molecule has 0 radical (unpaired) electrons. The summed E-state index contributed by atoms with van der Waals surface area (Å²) < 4.78 is 41.7. The first kappa shape index (κ1) is 38.0. The van der Waals surface area contributed by atoms with Crippen LogP contribution in [0.4, 0.5) is 0 Å². The summed E-state index contributed by atoms with van der Waals surface area (Å²) in [7, 11) is 0.305. The summed E-state index contributed by atoms with van der Waals surface area (Å²) in [5, 5.41) is 1.22. The number of sulfonamides is 1. The Balaban J connectivity index is 2.10. The van der Waals surface area contributed by atoms with Gasteiger partial charge in [-0.2, -0.15) is 4.31 Å². The van der Waals surface area contributed by atoms with Crippen molar-refractivity contribution >= 4 is 26.9 Å². The molecule has 250 valence electrons. The second-order valence-corrected chi connectivity index (χ2v) is 14.3. The largest absolute Gasteiger partial charge is 0.374 e. The van der Waals surface area contributed by atoms with Crippen molar-refractivity contribution in [1.82, 2.24) is 24.0 Å². The van der Waals surface area contributed by atoms with E-state index in [0.717, 1.165) is 44.2 Å². The van der Waals surface area contributed by atoms with Gasteiger partial charge in [-0.1, -0.05) is 38.1 Å². The summed E-state index contributed by atoms with van der Waals surface area (Å²) in [6.45, 7) is 17.1. The first-order chi connectivity index (χ1) is 20.8. The second-order valence-electron chi connectivity index (χ2n) is 12.4. The normalized spacial score (nSPS) is 14.6. The molecule has 0 spiro atoms. The monoisotopic (exact) mass is 635 g/mol. The molecule has 1 aliphatic rings. The minimum absolute atomic E-state index is 0.0297. The Hall–Kier alpha value is -2.15. The average molecular weight is 636 g/mol. The van der Waals surface area contributed by atoms with Gasteiger partial charge in [0.2, 0.25) is 15.9 Å². The lowest BCUT2D eigenvalue weighted by atomic mass is 10.2. The van der Waals surface area contributed by atoms with Crippen LogP contribution in [0.5, 0.6) is 0 Å². The third-order valence-corrected chi connectivity index (χ3v) is 9.73. The van der Waals surface area contributed by atoms with Crippen molar-refractivity contribution in [2.75, 3.05) is 79.7 Å². The van der Waals surface area contributed by atoms with Crippen molar-refractivity contribution < 1.29 is 22.7 Å². The van der Waals surface area contributed by atoms with Gasteiger partial charge in [-0.3, -0.25) is 9.78 Å². The van der Waals surface area contributed by atoms with E-state index in [0.29, 0.717) is 18.4 Å². The smallest absolute Gasteiger partial charge is 0.248 e. The van der Waals surface area contributed by atoms with E-state index < -0.39 is 21.7 Å². The molecule has 44 heavy (non-hydrogen) atoms. The summed E-state index contributed by atoms with van der Waals surface area (Å²) in [5.74, 6) is -0.109. The number of fused-ring (bicyclic) bond motifs is 1. The molecule has 1 aromatic heterocycles. The van der Waals surface area contributed by atoms with Crippen LogP contribution in [0.2, 0.25) is 0 Å². The molecule has 0 bridgehead atoms. The molecule has 0 saturated carbocycles. The zero-order valence-corrected chi connectivity index (χ0v) is 29.2. The van der Waals surface area contributed by atoms with Gasteiger partial charge in [0.05, 0.1) is 35.1 Å². The minimum Gasteiger partial charge on any atom is -0.374 e. The van der Waals surface area contributed by atoms with Crippen LogP contribution in [0.3, 0.4) is 0 Å². The summed E-state index contributed by atoms with van der Waals surface area (Å²) in [4.78, 5) is 24.2. The number of allylic oxidation sites excluding steroid dienone is 2. The topological polar surface area (TPSA) is 95.5 Å². The Morgan fingerprint density at radius 1 is 1.00 bits per heavy atom. The number of pyridine rings is 1. The van der Waals surface area contributed by atoms with Gasteiger partial charge in [0, 0.05) is 44.0 Å². The van der Waals surface area contributed by atoms with Gasteiger partial charge < -0.3 is 24.2 Å². The Morgan fingerprint density at radius 2 is 1.70 bits per heavy atom. The van der Waals surface area contributed by atoms with Gasteiger partial charge in [0.25, 0.3) is 0 Å². The predicted molar refractivity (Wildman–Crippen MR) is 179 cm³/mol. The molecule has 2 rings (SSSR count). The highest BCUT2D eigenvalue weighted by molar-refractivity contribution is 7.98. The first-order valence-corrected chi connectivity index (χ1v) is 17.5. The molecular formula is C33H57N5O5S. The van der Waals surface area contributed by atoms with Crippen molar-refractivity contribution in [3.05, 3.63) is 41.0 Å². The molecule has 0 unspecified atom stereocenters. The van der Waals surface area contributed by atoms with Crippen molar-refractivity contribution in [2.24, 2.45) is 0 Å². The molecule has 1 heterocycles. The van der Waals surface area contributed by atoms with E-state index in [2.05, 4.69) is 35.8 Å². The maximum absolute atomic E-state index is 14.2. The van der Waals surface area contributed by atoms with Crippen molar-refractivity contribution in [3.63, 3.8) is 0 Å². The number of hydrogen-bond donors (Lipinski definition) is 0. The van der Waals surface area contributed by atoms with Crippen LogP contribution in [0.15, 0.2) is 30.5 Å². The molecule has 0 saturated heterocycles. The number of aromatic nitrogens is 1. The average Bonchev–Trinajstić information content (AvgIpc) is 3.19. The fourth-order valence-electron chi connectivity index (χ4n) is 5.12. The number of carbonyl (C=O) groups is 1. The molecule has 1 aromatic rings. The Morgan fingerprint density at radius 3 is 2.34 bits per heavy atom. The van der Waals surface area contributed by atoms with Crippen molar-refractivity contribution in [1.29, 1.82) is 0 Å². The van der Waals surface area contributed by atoms with Crippen LogP contribution in [-0.2, 0) is 24.3 Å². The summed E-state index contributed by atoms with van der Waals surface area (Å²) in [6.07, 6.45) is 9.65. The van der Waals surface area contributed by atoms with E-state index in [1.165, 1.54) is 4.31 Å². The number of ether oxygens (including phenoxy) is 2. The van der Waals surface area contributed by atoms with Gasteiger partial charge in [0.1, 0.15) is 6.61 Å². The van der Waals surface area contributed by atoms with E-state index in [9.17, 15) is 13.2 Å². The SMILES string of the molecule is CCCN(C)CCCN(C)CCN(CC)C(=O)COC[C@H](COC(C)(C)C)N(CC)S(=O)(=O)C1=c2ncccc2=CC=CC1. The lowest BCUT2D eigenvalue weighted by Gasteiger charge is -2.33. The fourth-order valence-corrected chi connectivity index (χ4v) is 6.98. The molecule has 1 atom stereocenters. The number of carbonyl (C=O) groups excluding carboxylic acids is 1. The maximum atomic E-state index is 14.2. The molecule has 0 fully saturated rings. The molecule has 1 aliphatic carbocycles. The van der Waals surface area contributed by atoms with Crippen molar-refractivity contribution in [3.8, 4) is 0 Å². The van der Waals surface area contributed by atoms with E-state index in [1.807, 2.05) is 58.9 Å². The molecule has 1 amide bonds. The van der Waals surface area contributed by atoms with Gasteiger partial charge in [-0.15, -0.1) is 0 Å². The Bertz CT molecular complexity index is 1280. The molecular weight excluding hydrogens is 578 g/mol. The highest BCUT2D eigenvalue weighted by atomic mass is 32.2. The number of likely N-dealkylation sites (N-methyl/N-ethyl adjacent to an activating group) is 3. The Kier molecular flexibility index (Phi) is 16.2. The van der Waals surface area contributed by atoms with E-state index in [-0.39, 0.29) is 43.6 Å². The zero-order chi connectivity index (χ0) is 32.8. The number of amides is 1. The standard InChI is InChI=1S/C33H57N5O5S/c1-9-20-35(7)21-15-22-36(8)23-24-37(10-2)31(39)27-42-25-29(26-43-33(4,5)6)38(11-3)44(40,41)30-18-13-12-16-28-17-14-19-34-32(28)30/h12-14,16-17,19,29H,9-11,15,18,20-27H2,1-8H3/t29-/m1/s1. The summed E-state index contributed by atoms with van der Waals surface area (Å²) >= 11 is 0. The van der Waals surface area contributed by atoms with Gasteiger partial charge >= 0.3 is 0 Å². The van der Waals surface area contributed by atoms with Crippen LogP contribution >= 0.6 is 0 Å². The van der Waals surface area contributed by atoms with Gasteiger partial charge in [-0.05, 0) is 80.3 Å². The zero-order valence-electron chi connectivity index (χ0n) is 28.4. The van der Waals surface area contributed by atoms with Crippen LogP contribution in [0.1, 0.15) is 60.8 Å². The van der Waals surface area contributed by atoms with Gasteiger partial charge in [-0.25, -0.2) is 8.42 Å². The van der Waals surface area contributed by atoms with Crippen LogP contribution in [-0.4, -0.2) is 130 Å². The Labute approximate surface area is 266 Å². The molecule has 0 aromatic carbocycles. The summed E-state index contributed by atoms with van der Waals surface area (Å²) in [5.41, 5.74) is -0.477. The molecule has 0 aliphatic heterocycles. The third kappa shape index (κ3) is 12.3. The van der Waals surface area contributed by atoms with E-state index in [4.69, 9.17) is 9.47 Å².